The summed E-state index contributed by atoms with van der Waals surface area (Å²) in [4.78, 5) is 42.1. The number of carbonyl (C=O) groups is 2. The SMILES string of the molecule is CCCCC1=C(C)c2cc3[nH]c(cc4[nH]c(cc5nc(cc1n2)C(C)=C5CCCC)c(C)c4CCC(C)=O)c(C)c3CCC(C)=O. The lowest BCUT2D eigenvalue weighted by atomic mass is 9.98. The van der Waals surface area contributed by atoms with Crippen molar-refractivity contribution >= 4 is 55.9 Å². The van der Waals surface area contributed by atoms with Gasteiger partial charge in [0.25, 0.3) is 0 Å². The Morgan fingerprint density at radius 3 is 1.46 bits per heavy atom. The highest BCUT2D eigenvalue weighted by atomic mass is 16.1. The van der Waals surface area contributed by atoms with Gasteiger partial charge in [-0.25, -0.2) is 9.97 Å². The molecule has 0 saturated heterocycles. The number of aryl methyl sites for hydroxylation is 4. The van der Waals surface area contributed by atoms with E-state index in [1.54, 1.807) is 13.8 Å². The molecule has 0 unspecified atom stereocenters. The molecule has 5 heterocycles. The van der Waals surface area contributed by atoms with Crippen molar-refractivity contribution in [2.24, 2.45) is 0 Å². The molecule has 0 amide bonds. The number of nitrogens with zero attached hydrogens (tertiary/aromatic N) is 2. The molecule has 46 heavy (non-hydrogen) atoms. The van der Waals surface area contributed by atoms with Crippen LogP contribution in [0.4, 0.5) is 0 Å². The first kappa shape index (κ1) is 33.3. The zero-order valence-corrected chi connectivity index (χ0v) is 29.1. The number of rotatable bonds is 12. The number of hydrogen-bond donors (Lipinski definition) is 2. The molecule has 0 fully saturated rings. The Kier molecular flexibility index (Phi) is 10.2. The zero-order valence-electron chi connectivity index (χ0n) is 29.1. The van der Waals surface area contributed by atoms with Crippen molar-refractivity contribution in [3.05, 3.63) is 69.3 Å². The summed E-state index contributed by atoms with van der Waals surface area (Å²) < 4.78 is 0. The van der Waals surface area contributed by atoms with Crippen LogP contribution < -0.4 is 0 Å². The number of aromatic amines is 2. The molecule has 6 nitrogen and oxygen atoms in total. The van der Waals surface area contributed by atoms with Gasteiger partial charge < -0.3 is 19.6 Å². The third-order valence-corrected chi connectivity index (χ3v) is 9.82. The second-order valence-electron chi connectivity index (χ2n) is 13.3. The molecule has 8 bridgehead atoms. The van der Waals surface area contributed by atoms with E-state index in [2.05, 4.69) is 75.8 Å². The minimum absolute atomic E-state index is 0.179. The third-order valence-electron chi connectivity index (χ3n) is 9.82. The van der Waals surface area contributed by atoms with Crippen molar-refractivity contribution in [1.29, 1.82) is 0 Å². The van der Waals surface area contributed by atoms with Crippen LogP contribution in [0, 0.1) is 13.8 Å². The normalized spacial score (nSPS) is 13.2. The number of carbonyl (C=O) groups excluding carboxylic acids is 2. The fourth-order valence-electron chi connectivity index (χ4n) is 6.80. The number of aromatic nitrogens is 4. The second kappa shape index (κ2) is 14.1. The monoisotopic (exact) mass is 618 g/mol. The zero-order chi connectivity index (χ0) is 33.1. The molecule has 3 aromatic rings. The first-order valence-corrected chi connectivity index (χ1v) is 17.1. The van der Waals surface area contributed by atoms with E-state index in [9.17, 15) is 9.59 Å². The van der Waals surface area contributed by atoms with Gasteiger partial charge in [0.15, 0.2) is 0 Å². The summed E-state index contributed by atoms with van der Waals surface area (Å²) >= 11 is 0. The lowest BCUT2D eigenvalue weighted by Gasteiger charge is -2.04. The lowest BCUT2D eigenvalue weighted by molar-refractivity contribution is -0.117. The topological polar surface area (TPSA) is 91.5 Å². The van der Waals surface area contributed by atoms with Crippen LogP contribution in [0.2, 0.25) is 0 Å². The van der Waals surface area contributed by atoms with Gasteiger partial charge in [-0.15, -0.1) is 0 Å². The van der Waals surface area contributed by atoms with Gasteiger partial charge in [0.05, 0.1) is 22.8 Å². The van der Waals surface area contributed by atoms with Gasteiger partial charge in [0, 0.05) is 34.9 Å². The Labute approximate surface area is 273 Å². The number of hydrogen-bond acceptors (Lipinski definition) is 4. The Bertz CT molecular complexity index is 1910. The molecule has 2 N–H and O–H groups in total. The molecule has 2 aliphatic heterocycles. The Balaban J connectivity index is 1.91. The Hall–Kier alpha value is -4.06. The van der Waals surface area contributed by atoms with Gasteiger partial charge in [-0.2, -0.15) is 0 Å². The van der Waals surface area contributed by atoms with Gasteiger partial charge >= 0.3 is 0 Å². The summed E-state index contributed by atoms with van der Waals surface area (Å²) in [5.74, 6) is 0.360. The highest BCUT2D eigenvalue weighted by molar-refractivity contribution is 5.95. The van der Waals surface area contributed by atoms with Crippen LogP contribution in [-0.2, 0) is 22.4 Å². The van der Waals surface area contributed by atoms with E-state index in [4.69, 9.17) is 9.97 Å². The van der Waals surface area contributed by atoms with E-state index in [0.717, 1.165) is 106 Å². The molecule has 6 heteroatoms. The first-order valence-electron chi connectivity index (χ1n) is 17.1. The lowest BCUT2D eigenvalue weighted by Crippen LogP contribution is -1.95. The minimum Gasteiger partial charge on any atom is -0.355 e. The average molecular weight is 619 g/mol. The fourth-order valence-corrected chi connectivity index (χ4v) is 6.80. The highest BCUT2D eigenvalue weighted by Crippen LogP contribution is 2.38. The molecule has 0 aliphatic carbocycles. The van der Waals surface area contributed by atoms with Crippen LogP contribution >= 0.6 is 0 Å². The van der Waals surface area contributed by atoms with E-state index in [0.29, 0.717) is 25.7 Å². The predicted octanol–water partition coefficient (Wildman–Crippen LogP) is 10.2. The van der Waals surface area contributed by atoms with Crippen LogP contribution in [0.15, 0.2) is 24.3 Å². The largest absolute Gasteiger partial charge is 0.355 e. The van der Waals surface area contributed by atoms with E-state index in [1.807, 2.05) is 0 Å². The second-order valence-corrected chi connectivity index (χ2v) is 13.3. The fraction of sp³-hybridized carbons (Fsp3) is 0.450. The third kappa shape index (κ3) is 6.86. The standard InChI is InChI=1S/C40H50N4O2/c1-9-11-13-29-25(5)33-19-37-30(14-12-10-2)26(6)34(42-37)21-39-32(18-16-24(4)46)28(8)36(44-39)22-40-31(17-15-23(3)45)27(7)35(43-40)20-38(29)41-33/h19-22,43-44H,9-18H2,1-8H3. The number of fused-ring (bicyclic) bond motifs is 8. The summed E-state index contributed by atoms with van der Waals surface area (Å²) in [6.07, 6.45) is 8.71. The Morgan fingerprint density at radius 1 is 0.565 bits per heavy atom. The molecule has 0 saturated carbocycles. The van der Waals surface area contributed by atoms with Crippen LogP contribution in [0.3, 0.4) is 0 Å². The van der Waals surface area contributed by atoms with Gasteiger partial charge in [0.1, 0.15) is 11.6 Å². The summed E-state index contributed by atoms with van der Waals surface area (Å²) in [5, 5.41) is 0. The highest BCUT2D eigenvalue weighted by Gasteiger charge is 2.22. The number of ketones is 2. The van der Waals surface area contributed by atoms with Gasteiger partial charge in [-0.1, -0.05) is 26.7 Å². The molecule has 242 valence electrons. The maximum Gasteiger partial charge on any atom is 0.130 e. The van der Waals surface area contributed by atoms with Crippen molar-refractivity contribution in [2.45, 2.75) is 120 Å². The number of nitrogens with one attached hydrogen (secondary N) is 2. The van der Waals surface area contributed by atoms with Crippen LogP contribution in [-0.4, -0.2) is 31.5 Å². The van der Waals surface area contributed by atoms with E-state index in [1.165, 1.54) is 22.3 Å². The molecule has 3 aromatic heterocycles. The average Bonchev–Trinajstić information content (AvgIpc) is 3.66. The van der Waals surface area contributed by atoms with E-state index in [-0.39, 0.29) is 11.6 Å². The maximum absolute atomic E-state index is 12.1. The number of Topliss-reactive ketones (excluding diaryl/α,β-unsaturated/α-hetero) is 2. The van der Waals surface area contributed by atoms with Crippen molar-refractivity contribution < 1.29 is 9.59 Å². The smallest absolute Gasteiger partial charge is 0.130 e. The molecule has 5 rings (SSSR count). The Morgan fingerprint density at radius 2 is 0.978 bits per heavy atom. The summed E-state index contributed by atoms with van der Waals surface area (Å²) in [5.41, 5.74) is 17.6. The summed E-state index contributed by atoms with van der Waals surface area (Å²) in [6.45, 7) is 16.5. The van der Waals surface area contributed by atoms with Gasteiger partial charge in [0.2, 0.25) is 0 Å². The number of unbranched alkanes of at least 4 members (excludes halogenated alkanes) is 2. The maximum atomic E-state index is 12.1. The predicted molar refractivity (Wildman–Crippen MR) is 193 cm³/mol. The van der Waals surface area contributed by atoms with E-state index >= 15 is 0 Å². The molecule has 0 aromatic carbocycles. The van der Waals surface area contributed by atoms with Crippen LogP contribution in [0.25, 0.3) is 44.4 Å². The molecule has 2 aliphatic rings. The summed E-state index contributed by atoms with van der Waals surface area (Å²) in [6, 6.07) is 8.76. The quantitative estimate of drug-likeness (QED) is 0.211. The van der Waals surface area contributed by atoms with Crippen molar-refractivity contribution in [1.82, 2.24) is 19.9 Å². The summed E-state index contributed by atoms with van der Waals surface area (Å²) in [7, 11) is 0. The van der Waals surface area contributed by atoms with E-state index < -0.39 is 0 Å². The molecule has 0 radical (unpaired) electrons. The number of H-pyrrole nitrogens is 2. The van der Waals surface area contributed by atoms with Crippen molar-refractivity contribution in [3.8, 4) is 0 Å². The van der Waals surface area contributed by atoms with Gasteiger partial charge in [-0.3, -0.25) is 0 Å². The van der Waals surface area contributed by atoms with Crippen molar-refractivity contribution in [3.63, 3.8) is 0 Å². The first-order chi connectivity index (χ1) is 22.0. The number of allylic oxidation sites excluding steroid dienone is 4. The van der Waals surface area contributed by atoms with Crippen molar-refractivity contribution in [2.75, 3.05) is 0 Å². The minimum atomic E-state index is 0.179. The van der Waals surface area contributed by atoms with Crippen LogP contribution in [0.5, 0.6) is 0 Å². The van der Waals surface area contributed by atoms with Crippen LogP contribution in [0.1, 0.15) is 138 Å². The molecular formula is C40H50N4O2. The molecular weight excluding hydrogens is 568 g/mol. The molecule has 0 spiro atoms. The van der Waals surface area contributed by atoms with Gasteiger partial charge in [-0.05, 0) is 149 Å². The molecule has 0 atom stereocenters.